The molecule has 0 saturated heterocycles. The molecule has 140 valence electrons. The van der Waals surface area contributed by atoms with E-state index < -0.39 is 0 Å². The third kappa shape index (κ3) is 6.34. The van der Waals surface area contributed by atoms with Crippen LogP contribution in [0.25, 0.3) is 10.2 Å². The van der Waals surface area contributed by atoms with Gasteiger partial charge in [0.25, 0.3) is 0 Å². The van der Waals surface area contributed by atoms with E-state index in [2.05, 4.69) is 31.5 Å². The first-order valence-electron chi connectivity index (χ1n) is 8.34. The molecule has 0 unspecified atom stereocenters. The Morgan fingerprint density at radius 2 is 1.85 bits per heavy atom. The predicted molar refractivity (Wildman–Crippen MR) is 116 cm³/mol. The Morgan fingerprint density at radius 1 is 1.07 bits per heavy atom. The average Bonchev–Trinajstić information content (AvgIpc) is 3.06. The molecule has 2 N–H and O–H groups in total. The van der Waals surface area contributed by atoms with Crippen molar-refractivity contribution in [1.29, 1.82) is 0 Å². The van der Waals surface area contributed by atoms with Gasteiger partial charge < -0.3 is 10.6 Å². The van der Waals surface area contributed by atoms with Gasteiger partial charge >= 0.3 is 0 Å². The van der Waals surface area contributed by atoms with Gasteiger partial charge in [0, 0.05) is 28.9 Å². The first-order valence-corrected chi connectivity index (χ1v) is 11.1. The quantitative estimate of drug-likeness (QED) is 0.517. The van der Waals surface area contributed by atoms with Gasteiger partial charge in [0.2, 0.25) is 11.8 Å². The lowest BCUT2D eigenvalue weighted by Gasteiger charge is -2.06. The van der Waals surface area contributed by atoms with E-state index in [1.54, 1.807) is 11.3 Å². The van der Waals surface area contributed by atoms with Crippen molar-refractivity contribution in [3.63, 3.8) is 0 Å². The van der Waals surface area contributed by atoms with Crippen LogP contribution < -0.4 is 10.6 Å². The summed E-state index contributed by atoms with van der Waals surface area (Å²) in [6.07, 6.45) is 0.240. The lowest BCUT2D eigenvalue weighted by molar-refractivity contribution is -0.119. The topological polar surface area (TPSA) is 71.1 Å². The summed E-state index contributed by atoms with van der Waals surface area (Å²) in [5.74, 6) is 0.860. The van der Waals surface area contributed by atoms with E-state index >= 15 is 0 Å². The van der Waals surface area contributed by atoms with Gasteiger partial charge in [-0.2, -0.15) is 0 Å². The van der Waals surface area contributed by atoms with Gasteiger partial charge in [-0.05, 0) is 36.4 Å². The van der Waals surface area contributed by atoms with Gasteiger partial charge in [-0.3, -0.25) is 9.59 Å². The van der Waals surface area contributed by atoms with Crippen molar-refractivity contribution in [3.05, 3.63) is 58.0 Å². The summed E-state index contributed by atoms with van der Waals surface area (Å²) in [6.45, 7) is 0.322. The molecule has 2 aromatic carbocycles. The Labute approximate surface area is 174 Å². The van der Waals surface area contributed by atoms with Crippen LogP contribution in [0.2, 0.25) is 0 Å². The van der Waals surface area contributed by atoms with Crippen LogP contribution >= 0.6 is 39.0 Å². The summed E-state index contributed by atoms with van der Waals surface area (Å²) in [7, 11) is 0. The number of rotatable bonds is 8. The van der Waals surface area contributed by atoms with E-state index in [-0.39, 0.29) is 18.2 Å². The van der Waals surface area contributed by atoms with E-state index in [0.717, 1.165) is 25.4 Å². The number of para-hydroxylation sites is 1. The molecule has 0 saturated carbocycles. The van der Waals surface area contributed by atoms with Gasteiger partial charge in [0.05, 0.1) is 16.0 Å². The number of carbonyl (C=O) groups is 2. The highest BCUT2D eigenvalue weighted by Crippen LogP contribution is 2.24. The van der Waals surface area contributed by atoms with Crippen LogP contribution in [0.4, 0.5) is 5.69 Å². The molecule has 0 fully saturated rings. The highest BCUT2D eigenvalue weighted by Gasteiger charge is 2.07. The fourth-order valence-electron chi connectivity index (χ4n) is 2.34. The van der Waals surface area contributed by atoms with E-state index in [4.69, 9.17) is 0 Å². The number of aromatic nitrogens is 1. The number of thiazole rings is 1. The largest absolute Gasteiger partial charge is 0.355 e. The molecule has 1 aromatic heterocycles. The standard InChI is InChI=1S/C19H18BrN3O2S2/c20-13-5-7-14(8-6-13)22-17(24)9-10-21-18(25)11-26-12-19-23-15-3-1-2-4-16(15)27-19/h1-8H,9-12H2,(H,21,25)(H,22,24). The molecule has 0 atom stereocenters. The molecule has 0 aliphatic rings. The molecule has 8 heteroatoms. The molecule has 2 amide bonds. The van der Waals surface area contributed by atoms with E-state index in [0.29, 0.717) is 18.1 Å². The fraction of sp³-hybridized carbons (Fsp3) is 0.211. The van der Waals surface area contributed by atoms with Crippen LogP contribution in [0.3, 0.4) is 0 Å². The van der Waals surface area contributed by atoms with Crippen LogP contribution in [0.15, 0.2) is 53.0 Å². The molecule has 27 heavy (non-hydrogen) atoms. The number of nitrogens with zero attached hydrogens (tertiary/aromatic N) is 1. The Kier molecular flexibility index (Phi) is 7.25. The van der Waals surface area contributed by atoms with Gasteiger partial charge in [-0.25, -0.2) is 4.98 Å². The van der Waals surface area contributed by atoms with Crippen molar-refractivity contribution in [2.24, 2.45) is 0 Å². The molecule has 0 bridgehead atoms. The van der Waals surface area contributed by atoms with Gasteiger partial charge in [-0.1, -0.05) is 28.1 Å². The van der Waals surface area contributed by atoms with Gasteiger partial charge in [-0.15, -0.1) is 23.1 Å². The van der Waals surface area contributed by atoms with E-state index in [9.17, 15) is 9.59 Å². The molecule has 5 nitrogen and oxygen atoms in total. The van der Waals surface area contributed by atoms with E-state index in [1.165, 1.54) is 11.8 Å². The van der Waals surface area contributed by atoms with Crippen molar-refractivity contribution >= 4 is 66.7 Å². The molecular formula is C19H18BrN3O2S2. The molecular weight excluding hydrogens is 446 g/mol. The Balaban J connectivity index is 1.32. The number of hydrogen-bond acceptors (Lipinski definition) is 5. The third-order valence-corrected chi connectivity index (χ3v) is 6.29. The maximum absolute atomic E-state index is 11.9. The van der Waals surface area contributed by atoms with Crippen LogP contribution in [0.1, 0.15) is 11.4 Å². The third-order valence-electron chi connectivity index (χ3n) is 3.60. The van der Waals surface area contributed by atoms with Crippen molar-refractivity contribution in [1.82, 2.24) is 10.3 Å². The van der Waals surface area contributed by atoms with Crippen molar-refractivity contribution in [2.45, 2.75) is 12.2 Å². The number of benzene rings is 2. The normalized spacial score (nSPS) is 10.7. The number of hydrogen-bond donors (Lipinski definition) is 2. The zero-order valence-corrected chi connectivity index (χ0v) is 17.6. The lowest BCUT2D eigenvalue weighted by atomic mass is 10.3. The van der Waals surface area contributed by atoms with Gasteiger partial charge in [0.1, 0.15) is 5.01 Å². The maximum Gasteiger partial charge on any atom is 0.230 e. The molecule has 0 aliphatic heterocycles. The minimum atomic E-state index is -0.125. The first kappa shape index (κ1) is 19.9. The number of halogens is 1. The Morgan fingerprint density at radius 3 is 2.63 bits per heavy atom. The molecule has 3 aromatic rings. The number of nitrogens with one attached hydrogen (secondary N) is 2. The summed E-state index contributed by atoms with van der Waals surface area (Å²) in [5.41, 5.74) is 1.74. The second-order valence-electron chi connectivity index (χ2n) is 5.72. The summed E-state index contributed by atoms with van der Waals surface area (Å²) in [5, 5.41) is 6.59. The monoisotopic (exact) mass is 463 g/mol. The molecule has 0 spiro atoms. The summed E-state index contributed by atoms with van der Waals surface area (Å²) < 4.78 is 2.12. The molecule has 0 aliphatic carbocycles. The number of thioether (sulfide) groups is 1. The second kappa shape index (κ2) is 9.87. The number of anilines is 1. The van der Waals surface area contributed by atoms with Crippen LogP contribution in [-0.2, 0) is 15.3 Å². The van der Waals surface area contributed by atoms with Crippen LogP contribution in [0, 0.1) is 0 Å². The first-order chi connectivity index (χ1) is 13.1. The van der Waals surface area contributed by atoms with Crippen molar-refractivity contribution in [2.75, 3.05) is 17.6 Å². The summed E-state index contributed by atoms with van der Waals surface area (Å²) in [6, 6.07) is 15.4. The SMILES string of the molecule is O=C(CSCc1nc2ccccc2s1)NCCC(=O)Nc1ccc(Br)cc1. The lowest BCUT2D eigenvalue weighted by Crippen LogP contribution is -2.29. The zero-order valence-electron chi connectivity index (χ0n) is 14.4. The molecule has 3 rings (SSSR count). The second-order valence-corrected chi connectivity index (χ2v) is 8.74. The Hall–Kier alpha value is -1.90. The zero-order chi connectivity index (χ0) is 19.1. The van der Waals surface area contributed by atoms with Crippen molar-refractivity contribution < 1.29 is 9.59 Å². The summed E-state index contributed by atoms with van der Waals surface area (Å²) >= 11 is 6.52. The smallest absolute Gasteiger partial charge is 0.230 e. The highest BCUT2D eigenvalue weighted by molar-refractivity contribution is 9.10. The number of amides is 2. The number of carbonyl (C=O) groups excluding carboxylic acids is 2. The Bertz CT molecular complexity index is 895. The summed E-state index contributed by atoms with van der Waals surface area (Å²) in [4.78, 5) is 28.3. The van der Waals surface area contributed by atoms with Crippen LogP contribution in [0.5, 0.6) is 0 Å². The van der Waals surface area contributed by atoms with E-state index in [1.807, 2.05) is 48.5 Å². The minimum absolute atomic E-state index is 0.0717. The van der Waals surface area contributed by atoms with Crippen LogP contribution in [-0.4, -0.2) is 29.1 Å². The molecule has 0 radical (unpaired) electrons. The fourth-order valence-corrected chi connectivity index (χ4v) is 4.48. The van der Waals surface area contributed by atoms with Crippen molar-refractivity contribution in [3.8, 4) is 0 Å². The van der Waals surface area contributed by atoms with Gasteiger partial charge in [0.15, 0.2) is 0 Å². The highest BCUT2D eigenvalue weighted by atomic mass is 79.9. The predicted octanol–water partition coefficient (Wildman–Crippen LogP) is 4.44. The maximum atomic E-state index is 11.9. The molecule has 1 heterocycles. The minimum Gasteiger partial charge on any atom is -0.355 e. The number of fused-ring (bicyclic) bond motifs is 1. The average molecular weight is 464 g/mol.